The van der Waals surface area contributed by atoms with Crippen molar-refractivity contribution in [3.05, 3.63) is 113 Å². The van der Waals surface area contributed by atoms with Crippen molar-refractivity contribution >= 4 is 34.9 Å². The van der Waals surface area contributed by atoms with E-state index in [4.69, 9.17) is 17.0 Å². The summed E-state index contributed by atoms with van der Waals surface area (Å²) >= 11 is 5.83. The van der Waals surface area contributed by atoms with E-state index in [-0.39, 0.29) is 24.4 Å². The number of anilines is 1. The summed E-state index contributed by atoms with van der Waals surface area (Å²) in [6.45, 7) is 6.44. The highest BCUT2D eigenvalue weighted by molar-refractivity contribution is 7.80. The Morgan fingerprint density at radius 2 is 1.76 bits per heavy atom. The number of amides is 1. The standard InChI is InChI=1S/C32H33N5O3S/c1-20-11-5-7-13-25(20)34-28(38)16-18-36-30(29(35-32(36)41)26-14-9-10-17-33-26)24-19-21(2)37(22(24)3)27-15-8-6-12-23(27)31(39)40-4/h5-15,17,19,29-30H,16,18H2,1-4H3,(H,34,38)(H,35,41)/t29-,30-/m0/s1. The van der Waals surface area contributed by atoms with Crippen molar-refractivity contribution in [3.8, 4) is 5.69 Å². The molecule has 1 saturated heterocycles. The zero-order chi connectivity index (χ0) is 29.1. The van der Waals surface area contributed by atoms with Crippen LogP contribution < -0.4 is 10.6 Å². The number of esters is 1. The van der Waals surface area contributed by atoms with Crippen LogP contribution in [0, 0.1) is 20.8 Å². The normalized spacial score (nSPS) is 16.4. The van der Waals surface area contributed by atoms with E-state index >= 15 is 0 Å². The maximum Gasteiger partial charge on any atom is 0.339 e. The maximum absolute atomic E-state index is 13.0. The molecule has 5 rings (SSSR count). The summed E-state index contributed by atoms with van der Waals surface area (Å²) in [6, 6.07) is 22.6. The maximum atomic E-state index is 13.0. The summed E-state index contributed by atoms with van der Waals surface area (Å²) in [7, 11) is 1.38. The number of hydrogen-bond acceptors (Lipinski definition) is 5. The lowest BCUT2D eigenvalue weighted by Gasteiger charge is -2.28. The number of carbonyl (C=O) groups excluding carboxylic acids is 2. The van der Waals surface area contributed by atoms with Crippen molar-refractivity contribution in [1.82, 2.24) is 19.8 Å². The Hall–Kier alpha value is -4.50. The minimum atomic E-state index is -0.397. The molecule has 0 unspecified atom stereocenters. The van der Waals surface area contributed by atoms with Crippen LogP contribution >= 0.6 is 12.2 Å². The molecule has 210 valence electrons. The van der Waals surface area contributed by atoms with Crippen LogP contribution in [0.2, 0.25) is 0 Å². The van der Waals surface area contributed by atoms with Crippen molar-refractivity contribution in [1.29, 1.82) is 0 Å². The van der Waals surface area contributed by atoms with Gasteiger partial charge in [0.1, 0.15) is 0 Å². The molecular formula is C32H33N5O3S. The summed E-state index contributed by atoms with van der Waals surface area (Å²) in [4.78, 5) is 32.3. The fourth-order valence-corrected chi connectivity index (χ4v) is 5.87. The molecule has 0 aliphatic carbocycles. The summed E-state index contributed by atoms with van der Waals surface area (Å²) in [5.41, 5.74) is 6.84. The number of carbonyl (C=O) groups is 2. The third kappa shape index (κ3) is 5.58. The van der Waals surface area contributed by atoms with E-state index in [1.54, 1.807) is 12.3 Å². The van der Waals surface area contributed by atoms with Crippen LogP contribution in [0.4, 0.5) is 5.69 Å². The van der Waals surface area contributed by atoms with Gasteiger partial charge < -0.3 is 24.8 Å². The predicted molar refractivity (Wildman–Crippen MR) is 163 cm³/mol. The van der Waals surface area contributed by atoms with Gasteiger partial charge in [-0.2, -0.15) is 0 Å². The first kappa shape index (κ1) is 28.0. The topological polar surface area (TPSA) is 88.5 Å². The molecule has 2 aromatic carbocycles. The van der Waals surface area contributed by atoms with Gasteiger partial charge in [0.2, 0.25) is 5.91 Å². The quantitative estimate of drug-likeness (QED) is 0.212. The highest BCUT2D eigenvalue weighted by atomic mass is 32.1. The number of rotatable bonds is 8. The largest absolute Gasteiger partial charge is 0.465 e. The van der Waals surface area contributed by atoms with Gasteiger partial charge in [0.05, 0.1) is 36.1 Å². The molecule has 0 saturated carbocycles. The molecule has 1 aliphatic heterocycles. The molecule has 4 aromatic rings. The average Bonchev–Trinajstić information content (AvgIpc) is 3.47. The van der Waals surface area contributed by atoms with Gasteiger partial charge in [0.25, 0.3) is 0 Å². The minimum absolute atomic E-state index is 0.0837. The summed E-state index contributed by atoms with van der Waals surface area (Å²) < 4.78 is 7.13. The second kappa shape index (κ2) is 11.9. The second-order valence-electron chi connectivity index (χ2n) is 10.1. The Labute approximate surface area is 245 Å². The van der Waals surface area contributed by atoms with Gasteiger partial charge in [-0.05, 0) is 80.5 Å². The van der Waals surface area contributed by atoms with Gasteiger partial charge in [0, 0.05) is 36.2 Å². The Morgan fingerprint density at radius 3 is 2.49 bits per heavy atom. The fraction of sp³-hybridized carbons (Fsp3) is 0.250. The lowest BCUT2D eigenvalue weighted by Crippen LogP contribution is -2.33. The summed E-state index contributed by atoms with van der Waals surface area (Å²) in [5.74, 6) is -0.481. The van der Waals surface area contributed by atoms with Crippen molar-refractivity contribution in [2.45, 2.75) is 39.3 Å². The van der Waals surface area contributed by atoms with E-state index in [1.807, 2.05) is 81.4 Å². The van der Waals surface area contributed by atoms with Gasteiger partial charge in [-0.1, -0.05) is 36.4 Å². The number of thiocarbonyl (C=S) groups is 1. The van der Waals surface area contributed by atoms with Crippen LogP contribution in [0.25, 0.3) is 5.69 Å². The Morgan fingerprint density at radius 1 is 1.02 bits per heavy atom. The van der Waals surface area contributed by atoms with E-state index in [0.717, 1.165) is 39.6 Å². The molecule has 2 atom stereocenters. The molecule has 0 spiro atoms. The molecule has 8 nitrogen and oxygen atoms in total. The summed E-state index contributed by atoms with van der Waals surface area (Å²) in [6.07, 6.45) is 2.02. The Bertz CT molecular complexity index is 1600. The van der Waals surface area contributed by atoms with Gasteiger partial charge in [0.15, 0.2) is 5.11 Å². The van der Waals surface area contributed by atoms with Crippen LogP contribution in [-0.2, 0) is 9.53 Å². The molecule has 2 N–H and O–H groups in total. The predicted octanol–water partition coefficient (Wildman–Crippen LogP) is 5.59. The van der Waals surface area contributed by atoms with Crippen LogP contribution in [0.5, 0.6) is 0 Å². The molecule has 1 aliphatic rings. The molecule has 9 heteroatoms. The zero-order valence-electron chi connectivity index (χ0n) is 23.5. The van der Waals surface area contributed by atoms with Gasteiger partial charge in [-0.15, -0.1) is 0 Å². The molecule has 3 heterocycles. The van der Waals surface area contributed by atoms with Crippen LogP contribution in [0.1, 0.15) is 57.1 Å². The number of aromatic nitrogens is 2. The van der Waals surface area contributed by atoms with E-state index < -0.39 is 5.97 Å². The molecule has 1 amide bonds. The third-order valence-corrected chi connectivity index (χ3v) is 7.89. The smallest absolute Gasteiger partial charge is 0.339 e. The lowest BCUT2D eigenvalue weighted by atomic mass is 9.96. The number of nitrogens with one attached hydrogen (secondary N) is 2. The number of ether oxygens (including phenoxy) is 1. The van der Waals surface area contributed by atoms with Gasteiger partial charge in [-0.3, -0.25) is 9.78 Å². The first-order valence-corrected chi connectivity index (χ1v) is 13.9. The SMILES string of the molecule is COC(=O)c1ccccc1-n1c(C)cc([C@H]2[C@H](c3ccccn3)NC(=S)N2CCC(=O)Nc2ccccc2C)c1C. The van der Waals surface area contributed by atoms with Crippen molar-refractivity contribution in [3.63, 3.8) is 0 Å². The van der Waals surface area contributed by atoms with Crippen molar-refractivity contribution < 1.29 is 14.3 Å². The lowest BCUT2D eigenvalue weighted by molar-refractivity contribution is -0.116. The van der Waals surface area contributed by atoms with E-state index in [0.29, 0.717) is 17.2 Å². The number of nitrogens with zero attached hydrogens (tertiary/aromatic N) is 3. The Kier molecular flexibility index (Phi) is 8.16. The zero-order valence-corrected chi connectivity index (χ0v) is 24.4. The first-order valence-electron chi connectivity index (χ1n) is 13.5. The van der Waals surface area contributed by atoms with Crippen molar-refractivity contribution in [2.75, 3.05) is 19.0 Å². The number of benzene rings is 2. The van der Waals surface area contributed by atoms with E-state index in [2.05, 4.69) is 31.2 Å². The van der Waals surface area contributed by atoms with Gasteiger partial charge >= 0.3 is 5.97 Å². The molecule has 1 fully saturated rings. The molecule has 0 bridgehead atoms. The number of hydrogen-bond donors (Lipinski definition) is 2. The van der Waals surface area contributed by atoms with Crippen LogP contribution in [0.3, 0.4) is 0 Å². The highest BCUT2D eigenvalue weighted by Gasteiger charge is 2.41. The highest BCUT2D eigenvalue weighted by Crippen LogP contribution is 2.41. The third-order valence-electron chi connectivity index (χ3n) is 7.54. The number of para-hydroxylation sites is 2. The van der Waals surface area contributed by atoms with E-state index in [9.17, 15) is 9.59 Å². The Balaban J connectivity index is 1.51. The fourth-order valence-electron chi connectivity index (χ4n) is 5.54. The summed E-state index contributed by atoms with van der Waals surface area (Å²) in [5, 5.41) is 7.06. The molecule has 41 heavy (non-hydrogen) atoms. The van der Waals surface area contributed by atoms with Crippen molar-refractivity contribution in [2.24, 2.45) is 0 Å². The second-order valence-corrected chi connectivity index (χ2v) is 10.5. The van der Waals surface area contributed by atoms with Crippen LogP contribution in [-0.4, -0.2) is 45.1 Å². The number of pyridine rings is 1. The molecule has 2 aromatic heterocycles. The number of aryl methyl sites for hydroxylation is 2. The molecular weight excluding hydrogens is 534 g/mol. The molecule has 0 radical (unpaired) electrons. The average molecular weight is 568 g/mol. The first-order chi connectivity index (χ1) is 19.8. The van der Waals surface area contributed by atoms with Crippen LogP contribution in [0.15, 0.2) is 79.0 Å². The van der Waals surface area contributed by atoms with Gasteiger partial charge in [-0.25, -0.2) is 4.79 Å². The monoisotopic (exact) mass is 567 g/mol. The minimum Gasteiger partial charge on any atom is -0.465 e. The van der Waals surface area contributed by atoms with E-state index in [1.165, 1.54) is 7.11 Å². The number of methoxy groups -OCH3 is 1.